The minimum Gasteiger partial charge on any atom is -0.322 e. The summed E-state index contributed by atoms with van der Waals surface area (Å²) in [6, 6.07) is 9.31. The molecular weight excluding hydrogens is 287 g/mol. The molecule has 1 aromatic carbocycles. The van der Waals surface area contributed by atoms with E-state index < -0.39 is 13.0 Å². The molecule has 1 fully saturated rings. The highest BCUT2D eigenvalue weighted by atomic mass is 31.2. The Bertz CT molecular complexity index is 525. The van der Waals surface area contributed by atoms with Crippen LogP contribution in [0.2, 0.25) is 0 Å². The number of benzene rings is 1. The maximum absolute atomic E-state index is 12.2. The number of hydrogen-bond donors (Lipinski definition) is 2. The van der Waals surface area contributed by atoms with Gasteiger partial charge in [0.05, 0.1) is 26.0 Å². The molecule has 0 spiro atoms. The molecule has 0 saturated heterocycles. The van der Waals surface area contributed by atoms with Gasteiger partial charge in [0.25, 0.3) is 5.91 Å². The van der Waals surface area contributed by atoms with Gasteiger partial charge in [0.15, 0.2) is 0 Å². The maximum atomic E-state index is 12.2. The van der Waals surface area contributed by atoms with E-state index in [2.05, 4.69) is 5.32 Å². The van der Waals surface area contributed by atoms with Gasteiger partial charge in [0.2, 0.25) is 0 Å². The van der Waals surface area contributed by atoms with Crippen molar-refractivity contribution < 1.29 is 14.6 Å². The third-order valence-corrected chi connectivity index (χ3v) is 5.61. The molecule has 1 atom stereocenters. The fraction of sp³-hybridized carbons (Fsp3) is 0.533. The first-order chi connectivity index (χ1) is 9.88. The van der Waals surface area contributed by atoms with E-state index in [1.165, 1.54) is 0 Å². The number of carbonyl (C=O) groups is 1. The summed E-state index contributed by atoms with van der Waals surface area (Å²) in [5, 5.41) is 13.6. The number of nitrogens with zero attached hydrogens (tertiary/aromatic N) is 1. The van der Waals surface area contributed by atoms with Gasteiger partial charge in [-0.2, -0.15) is 0 Å². The molecule has 1 unspecified atom stereocenters. The summed E-state index contributed by atoms with van der Waals surface area (Å²) in [4.78, 5) is 11.9. The van der Waals surface area contributed by atoms with Gasteiger partial charge in [-0.25, -0.2) is 5.06 Å². The van der Waals surface area contributed by atoms with Crippen molar-refractivity contribution in [1.29, 1.82) is 0 Å². The van der Waals surface area contributed by atoms with Crippen LogP contribution in [0.4, 0.5) is 0 Å². The summed E-state index contributed by atoms with van der Waals surface area (Å²) in [5.74, 6) is -0.121. The second-order valence-electron chi connectivity index (χ2n) is 6.03. The normalized spacial score (nSPS) is 16.5. The quantitative estimate of drug-likeness (QED) is 0.461. The van der Waals surface area contributed by atoms with Crippen molar-refractivity contribution in [2.45, 2.75) is 25.2 Å². The molecule has 0 heterocycles. The van der Waals surface area contributed by atoms with Crippen molar-refractivity contribution in [3.63, 3.8) is 0 Å². The Morgan fingerprint density at radius 2 is 2.00 bits per heavy atom. The highest BCUT2D eigenvalue weighted by Gasteiger charge is 2.38. The molecule has 116 valence electrons. The van der Waals surface area contributed by atoms with E-state index >= 15 is 0 Å². The van der Waals surface area contributed by atoms with Crippen LogP contribution in [0.5, 0.6) is 0 Å². The van der Waals surface area contributed by atoms with Crippen LogP contribution in [-0.4, -0.2) is 41.8 Å². The van der Waals surface area contributed by atoms with Crippen molar-refractivity contribution >= 4 is 13.0 Å². The summed E-state index contributed by atoms with van der Waals surface area (Å²) in [6.45, 7) is 3.66. The van der Waals surface area contributed by atoms with Gasteiger partial charge in [-0.15, -0.1) is 0 Å². The van der Waals surface area contributed by atoms with Crippen molar-refractivity contribution in [2.75, 3.05) is 19.9 Å². The van der Waals surface area contributed by atoms with Crippen LogP contribution in [0.25, 0.3) is 0 Å². The monoisotopic (exact) mass is 310 g/mol. The predicted molar refractivity (Wildman–Crippen MR) is 82.7 cm³/mol. The molecule has 21 heavy (non-hydrogen) atoms. The number of nitrogens with one attached hydrogen (secondary N) is 1. The van der Waals surface area contributed by atoms with Crippen molar-refractivity contribution in [3.8, 4) is 0 Å². The molecule has 2 N–H and O–H groups in total. The smallest absolute Gasteiger partial charge is 0.260 e. The molecular formula is C15H23N2O3P. The second-order valence-corrected chi connectivity index (χ2v) is 9.46. The Morgan fingerprint density at radius 1 is 1.38 bits per heavy atom. The molecule has 1 aliphatic carbocycles. The lowest BCUT2D eigenvalue weighted by Crippen LogP contribution is -2.40. The fourth-order valence-corrected chi connectivity index (χ4v) is 4.28. The van der Waals surface area contributed by atoms with E-state index in [1.807, 2.05) is 30.3 Å². The van der Waals surface area contributed by atoms with Gasteiger partial charge >= 0.3 is 0 Å². The van der Waals surface area contributed by atoms with Crippen molar-refractivity contribution in [3.05, 3.63) is 35.9 Å². The summed E-state index contributed by atoms with van der Waals surface area (Å²) in [7, 11) is -2.29. The highest BCUT2D eigenvalue weighted by molar-refractivity contribution is 7.63. The SMILES string of the molecule is CP(C)(=O)C(NCC(=O)N(O)Cc1ccccc1)C1CC1. The van der Waals surface area contributed by atoms with Crippen LogP contribution >= 0.6 is 7.14 Å². The zero-order valence-electron chi connectivity index (χ0n) is 12.5. The Morgan fingerprint density at radius 3 is 2.52 bits per heavy atom. The minimum atomic E-state index is -2.29. The lowest BCUT2D eigenvalue weighted by Gasteiger charge is -2.23. The molecule has 1 saturated carbocycles. The van der Waals surface area contributed by atoms with E-state index in [1.54, 1.807) is 13.3 Å². The topological polar surface area (TPSA) is 69.6 Å². The first-order valence-corrected chi connectivity index (χ1v) is 9.86. The standard InChI is InChI=1S/C15H23N2O3P/c1-21(2,20)15(13-8-9-13)16-10-14(18)17(19)11-12-6-4-3-5-7-12/h3-7,13,15-16,19H,8-11H2,1-2H3. The molecule has 0 radical (unpaired) electrons. The number of hydrogen-bond acceptors (Lipinski definition) is 4. The number of hydroxylamine groups is 2. The van der Waals surface area contributed by atoms with Gasteiger partial charge in [-0.1, -0.05) is 30.3 Å². The zero-order valence-corrected chi connectivity index (χ0v) is 13.4. The summed E-state index contributed by atoms with van der Waals surface area (Å²) >= 11 is 0. The summed E-state index contributed by atoms with van der Waals surface area (Å²) < 4.78 is 12.2. The molecule has 0 bridgehead atoms. The first-order valence-electron chi connectivity index (χ1n) is 7.19. The third kappa shape index (κ3) is 4.95. The molecule has 0 aliphatic heterocycles. The predicted octanol–water partition coefficient (Wildman–Crippen LogP) is 2.35. The van der Waals surface area contributed by atoms with Crippen LogP contribution in [0, 0.1) is 5.92 Å². The Labute approximate surface area is 125 Å². The van der Waals surface area contributed by atoms with Crippen LogP contribution in [0.3, 0.4) is 0 Å². The van der Waals surface area contributed by atoms with E-state index in [9.17, 15) is 14.6 Å². The molecule has 5 nitrogen and oxygen atoms in total. The lowest BCUT2D eigenvalue weighted by molar-refractivity contribution is -0.166. The molecule has 1 aromatic rings. The Kier molecular flexibility index (Phi) is 5.20. The van der Waals surface area contributed by atoms with E-state index in [4.69, 9.17) is 0 Å². The first kappa shape index (κ1) is 16.2. The molecule has 1 amide bonds. The van der Waals surface area contributed by atoms with Crippen LogP contribution in [-0.2, 0) is 15.9 Å². The van der Waals surface area contributed by atoms with Crippen LogP contribution < -0.4 is 5.32 Å². The van der Waals surface area contributed by atoms with Gasteiger partial charge in [0, 0.05) is 0 Å². The Hall–Kier alpha value is -1.16. The summed E-state index contributed by atoms with van der Waals surface area (Å²) in [6.07, 6.45) is 2.12. The molecule has 6 heteroatoms. The molecule has 0 aromatic heterocycles. The fourth-order valence-electron chi connectivity index (χ4n) is 2.43. The van der Waals surface area contributed by atoms with Gasteiger partial charge in [0.1, 0.15) is 0 Å². The lowest BCUT2D eigenvalue weighted by atomic mass is 10.2. The van der Waals surface area contributed by atoms with Crippen molar-refractivity contribution in [1.82, 2.24) is 10.4 Å². The van der Waals surface area contributed by atoms with Gasteiger partial charge in [-0.3, -0.25) is 15.3 Å². The summed E-state index contributed by atoms with van der Waals surface area (Å²) in [5.41, 5.74) is 0.865. The van der Waals surface area contributed by atoms with Gasteiger partial charge in [-0.05, 0) is 37.7 Å². The van der Waals surface area contributed by atoms with E-state index in [0.29, 0.717) is 11.0 Å². The zero-order chi connectivity index (χ0) is 15.5. The minimum absolute atomic E-state index is 0.0101. The third-order valence-electron chi connectivity index (χ3n) is 3.66. The Balaban J connectivity index is 1.84. The number of carbonyl (C=O) groups excluding carboxylic acids is 1. The molecule has 1 aliphatic rings. The van der Waals surface area contributed by atoms with Crippen LogP contribution in [0.1, 0.15) is 18.4 Å². The average molecular weight is 310 g/mol. The highest BCUT2D eigenvalue weighted by Crippen LogP contribution is 2.51. The van der Waals surface area contributed by atoms with E-state index in [0.717, 1.165) is 18.4 Å². The largest absolute Gasteiger partial charge is 0.322 e. The van der Waals surface area contributed by atoms with Gasteiger partial charge < -0.3 is 4.57 Å². The average Bonchev–Trinajstić information content (AvgIpc) is 3.23. The van der Waals surface area contributed by atoms with Crippen molar-refractivity contribution in [2.24, 2.45) is 5.92 Å². The molecule has 2 rings (SSSR count). The second kappa shape index (κ2) is 6.73. The maximum Gasteiger partial charge on any atom is 0.260 e. The number of amides is 1. The number of rotatable bonds is 7. The van der Waals surface area contributed by atoms with Crippen LogP contribution in [0.15, 0.2) is 30.3 Å². The van der Waals surface area contributed by atoms with E-state index in [-0.39, 0.29) is 18.9 Å².